The van der Waals surface area contributed by atoms with E-state index in [0.717, 1.165) is 18.4 Å². The molecule has 0 saturated carbocycles. The van der Waals surface area contributed by atoms with Crippen molar-refractivity contribution < 1.29 is 19.4 Å². The molecule has 5 nitrogen and oxygen atoms in total. The summed E-state index contributed by atoms with van der Waals surface area (Å²) in [5.74, 6) is -1.07. The molecule has 1 aromatic rings. The molecule has 0 saturated heterocycles. The molecule has 0 aliphatic rings. The van der Waals surface area contributed by atoms with E-state index in [2.05, 4.69) is 18.3 Å². The zero-order valence-electron chi connectivity index (χ0n) is 17.2. The van der Waals surface area contributed by atoms with Gasteiger partial charge in [-0.3, -0.25) is 0 Å². The fraction of sp³-hybridized carbons (Fsp3) is 0.636. The summed E-state index contributed by atoms with van der Waals surface area (Å²) in [6, 6.07) is 6.96. The van der Waals surface area contributed by atoms with Crippen LogP contribution in [0.2, 0.25) is 0 Å². The van der Waals surface area contributed by atoms with Crippen LogP contribution < -0.4 is 5.32 Å². The van der Waals surface area contributed by atoms with Gasteiger partial charge in [0.15, 0.2) is 0 Å². The van der Waals surface area contributed by atoms with Gasteiger partial charge in [-0.2, -0.15) is 0 Å². The number of ether oxygens (including phenoxy) is 1. The number of nitrogens with one attached hydrogen (secondary N) is 1. The quantitative estimate of drug-likeness (QED) is 0.525. The smallest absolute Gasteiger partial charge is 0.408 e. The maximum Gasteiger partial charge on any atom is 0.408 e. The first-order valence-corrected chi connectivity index (χ1v) is 10.0. The van der Waals surface area contributed by atoms with Gasteiger partial charge in [-0.15, -0.1) is 0 Å². The number of aliphatic carboxylic acids is 1. The Morgan fingerprint density at radius 1 is 1.07 bits per heavy atom. The average Bonchev–Trinajstić information content (AvgIpc) is 2.56. The molecule has 0 aromatic heterocycles. The first-order chi connectivity index (χ1) is 12.7. The van der Waals surface area contributed by atoms with Crippen LogP contribution in [-0.2, 0) is 22.4 Å². The second-order valence-corrected chi connectivity index (χ2v) is 8.08. The van der Waals surface area contributed by atoms with Gasteiger partial charge in [-0.05, 0) is 44.7 Å². The van der Waals surface area contributed by atoms with Gasteiger partial charge in [0.2, 0.25) is 0 Å². The number of alkyl carbamates (subject to hydrolysis) is 1. The molecule has 27 heavy (non-hydrogen) atoms. The summed E-state index contributed by atoms with van der Waals surface area (Å²) < 4.78 is 5.16. The van der Waals surface area contributed by atoms with Crippen molar-refractivity contribution in [3.8, 4) is 0 Å². The van der Waals surface area contributed by atoms with Crippen molar-refractivity contribution in [1.29, 1.82) is 0 Å². The van der Waals surface area contributed by atoms with E-state index in [9.17, 15) is 14.7 Å². The van der Waals surface area contributed by atoms with Gasteiger partial charge in [0.25, 0.3) is 0 Å². The Bertz CT molecular complexity index is 592. The summed E-state index contributed by atoms with van der Waals surface area (Å²) in [6.45, 7) is 7.45. The van der Waals surface area contributed by atoms with E-state index in [1.54, 1.807) is 20.8 Å². The maximum atomic E-state index is 11.9. The lowest BCUT2D eigenvalue weighted by molar-refractivity contribution is -0.139. The van der Waals surface area contributed by atoms with E-state index >= 15 is 0 Å². The second kappa shape index (κ2) is 11.6. The Labute approximate surface area is 163 Å². The van der Waals surface area contributed by atoms with Crippen LogP contribution in [0.4, 0.5) is 4.79 Å². The molecule has 0 radical (unpaired) electrons. The van der Waals surface area contributed by atoms with Gasteiger partial charge < -0.3 is 15.2 Å². The van der Waals surface area contributed by atoms with Crippen LogP contribution in [0.15, 0.2) is 24.3 Å². The predicted molar refractivity (Wildman–Crippen MR) is 108 cm³/mol. The van der Waals surface area contributed by atoms with Crippen molar-refractivity contribution in [2.24, 2.45) is 0 Å². The van der Waals surface area contributed by atoms with Gasteiger partial charge in [0.05, 0.1) is 0 Å². The number of rotatable bonds is 11. The standard InChI is InChI=1S/C22H35NO4/c1-5-6-7-8-9-10-12-17-13-11-14-18(15-17)16-19(20(24)25)23-21(26)27-22(2,3)4/h11,13-15,19H,5-10,12,16H2,1-4H3,(H,23,26)(H,24,25)/t19-/m0/s1. The van der Waals surface area contributed by atoms with E-state index in [1.807, 2.05) is 18.2 Å². The first kappa shape index (κ1) is 23.0. The summed E-state index contributed by atoms with van der Waals surface area (Å²) in [7, 11) is 0. The molecular weight excluding hydrogens is 342 g/mol. The maximum absolute atomic E-state index is 11.9. The summed E-state index contributed by atoms with van der Waals surface area (Å²) in [5.41, 5.74) is 1.45. The molecule has 1 aromatic carbocycles. The minimum absolute atomic E-state index is 0.235. The topological polar surface area (TPSA) is 75.6 Å². The fourth-order valence-corrected chi connectivity index (χ4v) is 2.91. The second-order valence-electron chi connectivity index (χ2n) is 8.08. The Morgan fingerprint density at radius 3 is 2.33 bits per heavy atom. The highest BCUT2D eigenvalue weighted by molar-refractivity contribution is 5.80. The van der Waals surface area contributed by atoms with Crippen LogP contribution in [0.25, 0.3) is 0 Å². The van der Waals surface area contributed by atoms with Crippen LogP contribution >= 0.6 is 0 Å². The molecule has 0 aliphatic heterocycles. The summed E-state index contributed by atoms with van der Waals surface area (Å²) in [6.07, 6.45) is 8.02. The first-order valence-electron chi connectivity index (χ1n) is 10.0. The lowest BCUT2D eigenvalue weighted by Gasteiger charge is -2.22. The van der Waals surface area contributed by atoms with E-state index in [0.29, 0.717) is 0 Å². The van der Waals surface area contributed by atoms with Gasteiger partial charge in [-0.25, -0.2) is 9.59 Å². The summed E-state index contributed by atoms with van der Waals surface area (Å²) in [4.78, 5) is 23.4. The minimum atomic E-state index is -1.07. The van der Waals surface area contributed by atoms with Crippen molar-refractivity contribution in [3.63, 3.8) is 0 Å². The number of hydrogen-bond acceptors (Lipinski definition) is 3. The van der Waals surface area contributed by atoms with Crippen molar-refractivity contribution in [2.45, 2.75) is 90.7 Å². The van der Waals surface area contributed by atoms with Gasteiger partial charge in [0.1, 0.15) is 11.6 Å². The lowest BCUT2D eigenvalue weighted by Crippen LogP contribution is -2.44. The molecule has 0 aliphatic carbocycles. The Hall–Kier alpha value is -2.04. The zero-order chi connectivity index (χ0) is 20.3. The molecule has 1 rings (SSSR count). The third kappa shape index (κ3) is 10.6. The van der Waals surface area contributed by atoms with Crippen LogP contribution in [0.5, 0.6) is 0 Å². The molecule has 2 N–H and O–H groups in total. The summed E-state index contributed by atoms with van der Waals surface area (Å²) >= 11 is 0. The Kier molecular flexibility index (Phi) is 9.90. The monoisotopic (exact) mass is 377 g/mol. The summed E-state index contributed by atoms with van der Waals surface area (Å²) in [5, 5.41) is 11.9. The highest BCUT2D eigenvalue weighted by Crippen LogP contribution is 2.14. The number of carbonyl (C=O) groups is 2. The van der Waals surface area contributed by atoms with E-state index < -0.39 is 23.7 Å². The molecule has 0 spiro atoms. The number of aryl methyl sites for hydroxylation is 1. The van der Waals surface area contributed by atoms with Crippen molar-refractivity contribution in [2.75, 3.05) is 0 Å². The van der Waals surface area contributed by atoms with Crippen molar-refractivity contribution >= 4 is 12.1 Å². The number of benzene rings is 1. The molecule has 5 heteroatoms. The SMILES string of the molecule is CCCCCCCCc1cccc(C[C@H](NC(=O)OC(C)(C)C)C(=O)O)c1. The van der Waals surface area contributed by atoms with E-state index in [-0.39, 0.29) is 6.42 Å². The highest BCUT2D eigenvalue weighted by Gasteiger charge is 2.24. The van der Waals surface area contributed by atoms with Crippen LogP contribution in [0, 0.1) is 0 Å². The molecule has 0 fully saturated rings. The molecule has 1 atom stereocenters. The molecule has 0 bridgehead atoms. The Balaban J connectivity index is 2.56. The fourth-order valence-electron chi connectivity index (χ4n) is 2.91. The van der Waals surface area contributed by atoms with Crippen LogP contribution in [0.1, 0.15) is 77.3 Å². The predicted octanol–water partition coefficient (Wildman–Crippen LogP) is 5.11. The van der Waals surface area contributed by atoms with E-state index in [4.69, 9.17) is 4.74 Å². The number of carbonyl (C=O) groups excluding carboxylic acids is 1. The molecular formula is C22H35NO4. The van der Waals surface area contributed by atoms with Crippen LogP contribution in [0.3, 0.4) is 0 Å². The van der Waals surface area contributed by atoms with E-state index in [1.165, 1.54) is 37.7 Å². The van der Waals surface area contributed by atoms with Crippen LogP contribution in [-0.4, -0.2) is 28.8 Å². The van der Waals surface area contributed by atoms with Gasteiger partial charge >= 0.3 is 12.1 Å². The largest absolute Gasteiger partial charge is 0.480 e. The van der Waals surface area contributed by atoms with Crippen molar-refractivity contribution in [1.82, 2.24) is 5.32 Å². The number of carboxylic acid groups (broad SMARTS) is 1. The molecule has 152 valence electrons. The zero-order valence-corrected chi connectivity index (χ0v) is 17.2. The molecule has 0 unspecified atom stereocenters. The number of unbranched alkanes of at least 4 members (excludes halogenated alkanes) is 5. The average molecular weight is 378 g/mol. The van der Waals surface area contributed by atoms with Gasteiger partial charge in [0, 0.05) is 6.42 Å². The number of hydrogen-bond donors (Lipinski definition) is 2. The third-order valence-corrected chi connectivity index (χ3v) is 4.24. The third-order valence-electron chi connectivity index (χ3n) is 4.24. The number of amides is 1. The van der Waals surface area contributed by atoms with Crippen molar-refractivity contribution in [3.05, 3.63) is 35.4 Å². The molecule has 1 amide bonds. The van der Waals surface area contributed by atoms with Gasteiger partial charge in [-0.1, -0.05) is 63.3 Å². The minimum Gasteiger partial charge on any atom is -0.480 e. The lowest BCUT2D eigenvalue weighted by atomic mass is 10.00. The Morgan fingerprint density at radius 2 is 1.70 bits per heavy atom. The number of carboxylic acids is 1. The normalized spacial score (nSPS) is 12.4. The molecule has 0 heterocycles. The highest BCUT2D eigenvalue weighted by atomic mass is 16.6.